The Balaban J connectivity index is 1.64. The van der Waals surface area contributed by atoms with Crippen molar-refractivity contribution in [3.63, 3.8) is 0 Å². The van der Waals surface area contributed by atoms with E-state index < -0.39 is 0 Å². The fourth-order valence-corrected chi connectivity index (χ4v) is 3.14. The summed E-state index contributed by atoms with van der Waals surface area (Å²) in [5.74, 6) is 0.965. The monoisotopic (exact) mass is 225 g/mol. The molecule has 2 rings (SSSR count). The first kappa shape index (κ1) is 12.4. The summed E-state index contributed by atoms with van der Waals surface area (Å²) in [6.07, 6.45) is 11.3. The van der Waals surface area contributed by atoms with E-state index in [4.69, 9.17) is 4.74 Å². The van der Waals surface area contributed by atoms with Crippen molar-refractivity contribution in [2.45, 2.75) is 70.4 Å². The summed E-state index contributed by atoms with van der Waals surface area (Å²) < 4.78 is 5.78. The van der Waals surface area contributed by atoms with Crippen LogP contribution in [-0.2, 0) is 4.74 Å². The molecule has 2 heteroatoms. The minimum Gasteiger partial charge on any atom is -0.378 e. The zero-order chi connectivity index (χ0) is 11.2. The van der Waals surface area contributed by atoms with Gasteiger partial charge in [-0.15, -0.1) is 0 Å². The first-order valence-electron chi connectivity index (χ1n) is 7.23. The van der Waals surface area contributed by atoms with Crippen LogP contribution >= 0.6 is 0 Å². The van der Waals surface area contributed by atoms with Crippen LogP contribution in [0.5, 0.6) is 0 Å². The van der Waals surface area contributed by atoms with Crippen molar-refractivity contribution in [1.29, 1.82) is 0 Å². The summed E-state index contributed by atoms with van der Waals surface area (Å²) in [6.45, 7) is 4.47. The van der Waals surface area contributed by atoms with Gasteiger partial charge in [-0.05, 0) is 44.6 Å². The minimum atomic E-state index is 0.528. The number of nitrogens with one attached hydrogen (secondary N) is 1. The lowest BCUT2D eigenvalue weighted by Crippen LogP contribution is -2.40. The second-order valence-corrected chi connectivity index (χ2v) is 5.56. The number of ether oxygens (including phenoxy) is 1. The molecule has 94 valence electrons. The second kappa shape index (κ2) is 6.61. The lowest BCUT2D eigenvalue weighted by Gasteiger charge is -2.31. The fourth-order valence-electron chi connectivity index (χ4n) is 3.14. The van der Waals surface area contributed by atoms with E-state index in [2.05, 4.69) is 12.2 Å². The third-order valence-electron chi connectivity index (χ3n) is 4.15. The predicted octanol–water partition coefficient (Wildman–Crippen LogP) is 3.11. The van der Waals surface area contributed by atoms with Gasteiger partial charge in [-0.3, -0.25) is 0 Å². The van der Waals surface area contributed by atoms with Gasteiger partial charge in [0.2, 0.25) is 0 Å². The van der Waals surface area contributed by atoms with Gasteiger partial charge < -0.3 is 10.1 Å². The average molecular weight is 225 g/mol. The Hall–Kier alpha value is -0.0800. The molecule has 0 aromatic heterocycles. The van der Waals surface area contributed by atoms with Crippen LogP contribution in [0.4, 0.5) is 0 Å². The lowest BCUT2D eigenvalue weighted by molar-refractivity contribution is -0.00364. The van der Waals surface area contributed by atoms with Crippen LogP contribution in [0, 0.1) is 5.92 Å². The van der Waals surface area contributed by atoms with E-state index in [0.29, 0.717) is 6.10 Å². The van der Waals surface area contributed by atoms with E-state index in [9.17, 15) is 0 Å². The molecule has 2 unspecified atom stereocenters. The Morgan fingerprint density at radius 2 is 2.00 bits per heavy atom. The average Bonchev–Trinajstić information content (AvgIpc) is 2.80. The highest BCUT2D eigenvalue weighted by atomic mass is 16.5. The molecule has 2 fully saturated rings. The van der Waals surface area contributed by atoms with Gasteiger partial charge in [0.05, 0.1) is 6.10 Å². The minimum absolute atomic E-state index is 0.528. The van der Waals surface area contributed by atoms with Gasteiger partial charge in [0.25, 0.3) is 0 Å². The molecule has 0 aromatic carbocycles. The van der Waals surface area contributed by atoms with Crippen molar-refractivity contribution >= 4 is 0 Å². The molecule has 2 nitrogen and oxygen atoms in total. The van der Waals surface area contributed by atoms with Gasteiger partial charge in [-0.25, -0.2) is 0 Å². The lowest BCUT2D eigenvalue weighted by atomic mass is 9.99. The summed E-state index contributed by atoms with van der Waals surface area (Å²) in [5, 5.41) is 3.77. The quantitative estimate of drug-likeness (QED) is 0.776. The zero-order valence-electron chi connectivity index (χ0n) is 10.7. The van der Waals surface area contributed by atoms with Crippen LogP contribution in [-0.4, -0.2) is 25.3 Å². The van der Waals surface area contributed by atoms with Gasteiger partial charge in [0, 0.05) is 12.6 Å². The maximum absolute atomic E-state index is 5.78. The Morgan fingerprint density at radius 1 is 1.19 bits per heavy atom. The van der Waals surface area contributed by atoms with E-state index in [1.807, 2.05) is 0 Å². The van der Waals surface area contributed by atoms with Crippen LogP contribution in [0.15, 0.2) is 0 Å². The SMILES string of the molecule is CCCC1CC(NCC2CCCC2)CCO1. The summed E-state index contributed by atoms with van der Waals surface area (Å²) >= 11 is 0. The zero-order valence-corrected chi connectivity index (χ0v) is 10.7. The van der Waals surface area contributed by atoms with Crippen molar-refractivity contribution in [3.8, 4) is 0 Å². The number of hydrogen-bond donors (Lipinski definition) is 1. The summed E-state index contributed by atoms with van der Waals surface area (Å²) in [6, 6.07) is 0.728. The molecule has 2 aliphatic rings. The van der Waals surface area contributed by atoms with Crippen LogP contribution in [0.3, 0.4) is 0 Å². The molecular formula is C14H27NO. The highest BCUT2D eigenvalue weighted by Crippen LogP contribution is 2.25. The third kappa shape index (κ3) is 3.74. The standard InChI is InChI=1S/C14H27NO/c1-2-5-14-10-13(8-9-16-14)15-11-12-6-3-4-7-12/h12-15H,2-11H2,1H3. The van der Waals surface area contributed by atoms with Gasteiger partial charge in [-0.2, -0.15) is 0 Å². The molecule has 1 heterocycles. The molecule has 0 amide bonds. The molecule has 0 spiro atoms. The molecule has 2 atom stereocenters. The first-order valence-corrected chi connectivity index (χ1v) is 7.23. The molecule has 1 N–H and O–H groups in total. The topological polar surface area (TPSA) is 21.3 Å². The summed E-state index contributed by atoms with van der Waals surface area (Å²) in [4.78, 5) is 0. The van der Waals surface area contributed by atoms with Crippen LogP contribution in [0.1, 0.15) is 58.3 Å². The summed E-state index contributed by atoms with van der Waals surface area (Å²) in [5.41, 5.74) is 0. The molecule has 1 aliphatic heterocycles. The van der Waals surface area contributed by atoms with Gasteiger partial charge in [-0.1, -0.05) is 26.2 Å². The Morgan fingerprint density at radius 3 is 2.75 bits per heavy atom. The molecular weight excluding hydrogens is 198 g/mol. The highest BCUT2D eigenvalue weighted by Gasteiger charge is 2.23. The maximum atomic E-state index is 5.78. The summed E-state index contributed by atoms with van der Waals surface area (Å²) in [7, 11) is 0. The van der Waals surface area contributed by atoms with E-state index >= 15 is 0 Å². The molecule has 1 saturated heterocycles. The van der Waals surface area contributed by atoms with Crippen molar-refractivity contribution in [1.82, 2.24) is 5.32 Å². The molecule has 0 aromatic rings. The van der Waals surface area contributed by atoms with Crippen LogP contribution in [0.2, 0.25) is 0 Å². The molecule has 1 saturated carbocycles. The maximum Gasteiger partial charge on any atom is 0.0589 e. The van der Waals surface area contributed by atoms with Crippen molar-refractivity contribution < 1.29 is 4.74 Å². The molecule has 16 heavy (non-hydrogen) atoms. The van der Waals surface area contributed by atoms with Crippen LogP contribution < -0.4 is 5.32 Å². The van der Waals surface area contributed by atoms with E-state index in [1.54, 1.807) is 0 Å². The number of hydrogen-bond acceptors (Lipinski definition) is 2. The largest absolute Gasteiger partial charge is 0.378 e. The predicted molar refractivity (Wildman–Crippen MR) is 67.6 cm³/mol. The smallest absolute Gasteiger partial charge is 0.0589 e. The van der Waals surface area contributed by atoms with Gasteiger partial charge in [0.15, 0.2) is 0 Å². The molecule has 0 radical (unpaired) electrons. The van der Waals surface area contributed by atoms with Gasteiger partial charge in [0.1, 0.15) is 0 Å². The van der Waals surface area contributed by atoms with Crippen molar-refractivity contribution in [3.05, 3.63) is 0 Å². The highest BCUT2D eigenvalue weighted by molar-refractivity contribution is 4.79. The third-order valence-corrected chi connectivity index (χ3v) is 4.15. The molecule has 0 bridgehead atoms. The normalized spacial score (nSPS) is 32.1. The first-order chi connectivity index (χ1) is 7.88. The van der Waals surface area contributed by atoms with Crippen molar-refractivity contribution in [2.75, 3.05) is 13.2 Å². The number of rotatable bonds is 5. The Bertz CT molecular complexity index is 187. The van der Waals surface area contributed by atoms with E-state index in [-0.39, 0.29) is 0 Å². The molecule has 1 aliphatic carbocycles. The Kier molecular flexibility index (Phi) is 5.11. The van der Waals surface area contributed by atoms with Crippen molar-refractivity contribution in [2.24, 2.45) is 5.92 Å². The Labute approximate surface area is 100 Å². The second-order valence-electron chi connectivity index (χ2n) is 5.56. The van der Waals surface area contributed by atoms with E-state index in [1.165, 1.54) is 57.9 Å². The van der Waals surface area contributed by atoms with Gasteiger partial charge >= 0.3 is 0 Å². The van der Waals surface area contributed by atoms with Crippen LogP contribution in [0.25, 0.3) is 0 Å². The fraction of sp³-hybridized carbons (Fsp3) is 1.00. The van der Waals surface area contributed by atoms with E-state index in [0.717, 1.165) is 18.6 Å².